The second kappa shape index (κ2) is 7.12. The van der Waals surface area contributed by atoms with Crippen molar-refractivity contribution in [2.24, 2.45) is 0 Å². The monoisotopic (exact) mass is 300 g/mol. The number of aliphatic carboxylic acids is 1. The highest BCUT2D eigenvalue weighted by atomic mass is 19.1. The lowest BCUT2D eigenvalue weighted by molar-refractivity contribution is -0.144. The predicted molar refractivity (Wildman–Crippen MR) is 73.9 cm³/mol. The van der Waals surface area contributed by atoms with Crippen LogP contribution in [0.4, 0.5) is 14.5 Å². The number of halogens is 2. The molecule has 0 radical (unpaired) electrons. The summed E-state index contributed by atoms with van der Waals surface area (Å²) in [4.78, 5) is 22.9. The van der Waals surface area contributed by atoms with Crippen molar-refractivity contribution < 1.29 is 23.5 Å². The lowest BCUT2D eigenvalue weighted by Crippen LogP contribution is -2.51. The number of carbonyl (C=O) groups is 2. The van der Waals surface area contributed by atoms with Crippen LogP contribution in [0.15, 0.2) is 18.2 Å². The van der Waals surface area contributed by atoms with Crippen LogP contribution in [0.2, 0.25) is 0 Å². The summed E-state index contributed by atoms with van der Waals surface area (Å²) in [5.41, 5.74) is -1.24. The summed E-state index contributed by atoms with van der Waals surface area (Å²) in [5.74, 6) is -3.25. The first kappa shape index (κ1) is 17.0. The van der Waals surface area contributed by atoms with E-state index in [1.807, 2.05) is 6.92 Å². The summed E-state index contributed by atoms with van der Waals surface area (Å²) < 4.78 is 26.0. The molecule has 116 valence electrons. The molecule has 0 fully saturated rings. The van der Waals surface area contributed by atoms with Gasteiger partial charge in [-0.05, 0) is 25.5 Å². The average molecular weight is 300 g/mol. The summed E-state index contributed by atoms with van der Waals surface area (Å²) in [6.45, 7) is 3.04. The lowest BCUT2D eigenvalue weighted by atomic mass is 9.96. The fraction of sp³-hybridized carbons (Fsp3) is 0.429. The van der Waals surface area contributed by atoms with Gasteiger partial charge in [0.25, 0.3) is 0 Å². The Kier molecular flexibility index (Phi) is 5.78. The summed E-state index contributed by atoms with van der Waals surface area (Å²) >= 11 is 0. The van der Waals surface area contributed by atoms with Gasteiger partial charge in [-0.3, -0.25) is 14.9 Å². The number of amides is 1. The normalized spacial score (nSPS) is 13.5. The third-order valence-corrected chi connectivity index (χ3v) is 3.01. The minimum absolute atomic E-state index is 0.0215. The molecule has 0 aliphatic carbocycles. The third kappa shape index (κ3) is 5.11. The molecule has 1 aromatic rings. The number of benzene rings is 1. The van der Waals surface area contributed by atoms with Crippen LogP contribution >= 0.6 is 0 Å². The van der Waals surface area contributed by atoms with Crippen LogP contribution in [0.3, 0.4) is 0 Å². The number of hydrogen-bond donors (Lipinski definition) is 3. The van der Waals surface area contributed by atoms with Crippen LogP contribution in [0.25, 0.3) is 0 Å². The molecule has 0 aliphatic rings. The molecule has 1 aromatic carbocycles. The molecular formula is C14H18F2N2O3. The Bertz CT molecular complexity index is 517. The maximum atomic E-state index is 13.0. The van der Waals surface area contributed by atoms with E-state index in [9.17, 15) is 18.4 Å². The highest BCUT2D eigenvalue weighted by molar-refractivity contribution is 5.92. The van der Waals surface area contributed by atoms with E-state index in [2.05, 4.69) is 10.6 Å². The maximum absolute atomic E-state index is 13.0. The molecule has 0 bridgehead atoms. The van der Waals surface area contributed by atoms with Gasteiger partial charge in [0.2, 0.25) is 5.91 Å². The Morgan fingerprint density at radius 3 is 2.29 bits per heavy atom. The number of hydrogen-bond acceptors (Lipinski definition) is 3. The summed E-state index contributed by atoms with van der Waals surface area (Å²) in [5, 5.41) is 14.1. The van der Waals surface area contributed by atoms with Gasteiger partial charge in [0.15, 0.2) is 0 Å². The minimum Gasteiger partial charge on any atom is -0.480 e. The van der Waals surface area contributed by atoms with Crippen molar-refractivity contribution in [1.29, 1.82) is 0 Å². The van der Waals surface area contributed by atoms with Crippen molar-refractivity contribution in [2.45, 2.75) is 32.2 Å². The van der Waals surface area contributed by atoms with Crippen molar-refractivity contribution in [2.75, 3.05) is 11.9 Å². The topological polar surface area (TPSA) is 78.4 Å². The van der Waals surface area contributed by atoms with E-state index in [4.69, 9.17) is 5.11 Å². The van der Waals surface area contributed by atoms with Gasteiger partial charge in [-0.2, -0.15) is 0 Å². The number of anilines is 1. The molecule has 0 spiro atoms. The number of nitrogens with one attached hydrogen (secondary N) is 2. The molecule has 1 rings (SSSR count). The maximum Gasteiger partial charge on any atom is 0.323 e. The van der Waals surface area contributed by atoms with Crippen molar-refractivity contribution in [3.63, 3.8) is 0 Å². The van der Waals surface area contributed by atoms with Gasteiger partial charge < -0.3 is 10.4 Å². The first-order valence-corrected chi connectivity index (χ1v) is 6.51. The molecule has 1 atom stereocenters. The van der Waals surface area contributed by atoms with Gasteiger partial charge in [-0.15, -0.1) is 0 Å². The summed E-state index contributed by atoms with van der Waals surface area (Å²) in [6.07, 6.45) is 0.983. The van der Waals surface area contributed by atoms with E-state index < -0.39 is 29.0 Å². The van der Waals surface area contributed by atoms with Crippen LogP contribution in [-0.4, -0.2) is 29.1 Å². The van der Waals surface area contributed by atoms with E-state index >= 15 is 0 Å². The average Bonchev–Trinajstić information content (AvgIpc) is 2.35. The van der Waals surface area contributed by atoms with E-state index in [0.717, 1.165) is 12.1 Å². The van der Waals surface area contributed by atoms with Crippen LogP contribution in [0.1, 0.15) is 26.7 Å². The number of rotatable bonds is 7. The van der Waals surface area contributed by atoms with Crippen LogP contribution < -0.4 is 10.6 Å². The molecule has 0 heterocycles. The third-order valence-electron chi connectivity index (χ3n) is 3.01. The van der Waals surface area contributed by atoms with Crippen molar-refractivity contribution >= 4 is 17.6 Å². The molecule has 1 unspecified atom stereocenters. The molecule has 21 heavy (non-hydrogen) atoms. The zero-order chi connectivity index (χ0) is 16.0. The van der Waals surface area contributed by atoms with Gasteiger partial charge in [-0.25, -0.2) is 8.78 Å². The fourth-order valence-electron chi connectivity index (χ4n) is 1.88. The Morgan fingerprint density at radius 2 is 1.81 bits per heavy atom. The minimum atomic E-state index is -1.22. The van der Waals surface area contributed by atoms with Crippen LogP contribution in [0, 0.1) is 11.6 Å². The van der Waals surface area contributed by atoms with Gasteiger partial charge in [0.05, 0.1) is 6.54 Å². The van der Waals surface area contributed by atoms with Gasteiger partial charge >= 0.3 is 5.97 Å². The van der Waals surface area contributed by atoms with Crippen molar-refractivity contribution in [3.8, 4) is 0 Å². The molecule has 0 aliphatic heterocycles. The SMILES string of the molecule is CCCC(C)(NCC(=O)Nc1cc(F)cc(F)c1)C(=O)O. The molecule has 0 saturated carbocycles. The molecular weight excluding hydrogens is 282 g/mol. The first-order chi connectivity index (χ1) is 9.76. The second-order valence-electron chi connectivity index (χ2n) is 4.95. The number of carboxylic acids is 1. The van der Waals surface area contributed by atoms with E-state index in [1.165, 1.54) is 6.92 Å². The van der Waals surface area contributed by atoms with Crippen LogP contribution in [0.5, 0.6) is 0 Å². The molecule has 0 aromatic heterocycles. The molecule has 5 nitrogen and oxygen atoms in total. The van der Waals surface area contributed by atoms with Crippen molar-refractivity contribution in [3.05, 3.63) is 29.8 Å². The summed E-state index contributed by atoms with van der Waals surface area (Å²) in [7, 11) is 0. The zero-order valence-corrected chi connectivity index (χ0v) is 11.9. The first-order valence-electron chi connectivity index (χ1n) is 6.51. The van der Waals surface area contributed by atoms with E-state index in [-0.39, 0.29) is 12.2 Å². The number of carboxylic acid groups (broad SMARTS) is 1. The lowest BCUT2D eigenvalue weighted by Gasteiger charge is -2.25. The zero-order valence-electron chi connectivity index (χ0n) is 11.9. The van der Waals surface area contributed by atoms with Gasteiger partial charge in [0, 0.05) is 11.8 Å². The Morgan fingerprint density at radius 1 is 1.24 bits per heavy atom. The second-order valence-corrected chi connectivity index (χ2v) is 4.95. The molecule has 7 heteroatoms. The smallest absolute Gasteiger partial charge is 0.323 e. The fourth-order valence-corrected chi connectivity index (χ4v) is 1.88. The Balaban J connectivity index is 2.63. The van der Waals surface area contributed by atoms with Crippen molar-refractivity contribution in [1.82, 2.24) is 5.32 Å². The molecule has 0 saturated heterocycles. The Hall–Kier alpha value is -2.02. The number of carbonyl (C=O) groups excluding carboxylic acids is 1. The Labute approximate surface area is 121 Å². The quantitative estimate of drug-likeness (QED) is 0.721. The largest absolute Gasteiger partial charge is 0.480 e. The molecule has 3 N–H and O–H groups in total. The van der Waals surface area contributed by atoms with Crippen LogP contribution in [-0.2, 0) is 9.59 Å². The highest BCUT2D eigenvalue weighted by Crippen LogP contribution is 2.14. The van der Waals surface area contributed by atoms with Gasteiger partial charge in [0.1, 0.15) is 17.2 Å². The molecule has 1 amide bonds. The van der Waals surface area contributed by atoms with E-state index in [0.29, 0.717) is 18.9 Å². The van der Waals surface area contributed by atoms with Gasteiger partial charge in [-0.1, -0.05) is 13.3 Å². The predicted octanol–water partition coefficient (Wildman–Crippen LogP) is 2.14. The van der Waals surface area contributed by atoms with E-state index in [1.54, 1.807) is 0 Å². The summed E-state index contributed by atoms with van der Waals surface area (Å²) in [6, 6.07) is 2.64. The standard InChI is InChI=1S/C14H18F2N2O3/c1-3-4-14(2,13(20)21)17-8-12(19)18-11-6-9(15)5-10(16)7-11/h5-7,17H,3-4,8H2,1-2H3,(H,18,19)(H,20,21). The highest BCUT2D eigenvalue weighted by Gasteiger charge is 2.31.